The first kappa shape index (κ1) is 27.3. The predicted molar refractivity (Wildman–Crippen MR) is 152 cm³/mol. The van der Waals surface area contributed by atoms with Gasteiger partial charge in [0.05, 0.1) is 33.9 Å². The van der Waals surface area contributed by atoms with Crippen molar-refractivity contribution in [2.45, 2.75) is 44.9 Å². The molecule has 1 amide bonds. The number of nitrogens with zero attached hydrogens (tertiary/aromatic N) is 4. The third-order valence-corrected chi connectivity index (χ3v) is 7.54. The molecule has 0 bridgehead atoms. The van der Waals surface area contributed by atoms with E-state index in [1.54, 1.807) is 6.20 Å². The molecule has 1 aromatic carbocycles. The van der Waals surface area contributed by atoms with Crippen molar-refractivity contribution in [1.82, 2.24) is 35.5 Å². The maximum Gasteiger partial charge on any atom is 0.254 e. The van der Waals surface area contributed by atoms with Gasteiger partial charge in [-0.2, -0.15) is 0 Å². The number of nitrogens with one attached hydrogen (secondary N) is 3. The van der Waals surface area contributed by atoms with Gasteiger partial charge in [-0.25, -0.2) is 4.98 Å². The second-order valence-corrected chi connectivity index (χ2v) is 10.4. The average molecular weight is 565 g/mol. The molecule has 4 aromatic rings. The Kier molecular flexibility index (Phi) is 9.21. The molecule has 3 aromatic heterocycles. The van der Waals surface area contributed by atoms with Gasteiger partial charge >= 0.3 is 0 Å². The van der Waals surface area contributed by atoms with Crippen LogP contribution in [0.2, 0.25) is 10.0 Å². The number of rotatable bonds is 11. The van der Waals surface area contributed by atoms with E-state index in [-0.39, 0.29) is 27.6 Å². The molecule has 0 fully saturated rings. The summed E-state index contributed by atoms with van der Waals surface area (Å²) in [6, 6.07) is 12.9. The molecule has 1 aliphatic rings. The van der Waals surface area contributed by atoms with Gasteiger partial charge in [-0.05, 0) is 42.0 Å². The summed E-state index contributed by atoms with van der Waals surface area (Å²) in [7, 11) is 0. The average Bonchev–Trinajstić information content (AvgIpc) is 3.47. The van der Waals surface area contributed by atoms with Crippen molar-refractivity contribution in [3.63, 3.8) is 0 Å². The van der Waals surface area contributed by atoms with Crippen LogP contribution < -0.4 is 10.6 Å². The van der Waals surface area contributed by atoms with Crippen molar-refractivity contribution >= 4 is 29.1 Å². The molecule has 1 atom stereocenters. The van der Waals surface area contributed by atoms with E-state index in [0.29, 0.717) is 13.1 Å². The van der Waals surface area contributed by atoms with Crippen LogP contribution in [0.25, 0.3) is 0 Å². The van der Waals surface area contributed by atoms with Gasteiger partial charge in [0.25, 0.3) is 5.91 Å². The number of carbonyl (C=O) groups is 1. The third-order valence-electron chi connectivity index (χ3n) is 6.97. The number of imidazole rings is 1. The Morgan fingerprint density at radius 2 is 1.82 bits per heavy atom. The lowest BCUT2D eigenvalue weighted by Crippen LogP contribution is -2.36. The van der Waals surface area contributed by atoms with E-state index < -0.39 is 0 Å². The molecule has 1 unspecified atom stereocenters. The molecule has 202 valence electrons. The van der Waals surface area contributed by atoms with Crippen molar-refractivity contribution in [2.75, 3.05) is 13.1 Å². The molecule has 10 heteroatoms. The normalized spacial score (nSPS) is 14.8. The number of aromatic nitrogens is 4. The summed E-state index contributed by atoms with van der Waals surface area (Å²) in [6.45, 7) is 3.60. The lowest BCUT2D eigenvalue weighted by molar-refractivity contribution is 0.0951. The third kappa shape index (κ3) is 7.02. The molecular formula is C29H31Cl2N7O. The van der Waals surface area contributed by atoms with Crippen LogP contribution in [0.5, 0.6) is 0 Å². The number of aryl methyl sites for hydroxylation is 1. The molecule has 0 aliphatic heterocycles. The quantitative estimate of drug-likeness (QED) is 0.219. The van der Waals surface area contributed by atoms with E-state index in [9.17, 15) is 4.79 Å². The second kappa shape index (κ2) is 13.2. The highest BCUT2D eigenvalue weighted by Crippen LogP contribution is 2.33. The molecule has 3 N–H and O–H groups in total. The van der Waals surface area contributed by atoms with E-state index in [2.05, 4.69) is 48.7 Å². The van der Waals surface area contributed by atoms with Crippen LogP contribution in [-0.2, 0) is 26.1 Å². The zero-order valence-electron chi connectivity index (χ0n) is 21.5. The molecule has 3 heterocycles. The summed E-state index contributed by atoms with van der Waals surface area (Å²) in [6.07, 6.45) is 11.7. The van der Waals surface area contributed by atoms with E-state index in [0.717, 1.165) is 50.3 Å². The fourth-order valence-electron chi connectivity index (χ4n) is 5.01. The van der Waals surface area contributed by atoms with Gasteiger partial charge in [0, 0.05) is 57.2 Å². The van der Waals surface area contributed by atoms with Crippen molar-refractivity contribution in [1.29, 1.82) is 0 Å². The second-order valence-electron chi connectivity index (χ2n) is 9.62. The summed E-state index contributed by atoms with van der Waals surface area (Å²) in [5.74, 6) is 0.607. The first-order chi connectivity index (χ1) is 19.1. The Balaban J connectivity index is 1.23. The largest absolute Gasteiger partial charge is 0.348 e. The van der Waals surface area contributed by atoms with Crippen LogP contribution in [0.4, 0.5) is 0 Å². The van der Waals surface area contributed by atoms with Crippen LogP contribution in [0.15, 0.2) is 67.4 Å². The Hall–Kier alpha value is -3.30. The summed E-state index contributed by atoms with van der Waals surface area (Å²) in [5, 5.41) is 6.86. The van der Waals surface area contributed by atoms with Gasteiger partial charge in [0.1, 0.15) is 5.82 Å². The van der Waals surface area contributed by atoms with E-state index in [4.69, 9.17) is 28.2 Å². The smallest absolute Gasteiger partial charge is 0.254 e. The fourth-order valence-corrected chi connectivity index (χ4v) is 5.54. The predicted octanol–water partition coefficient (Wildman–Crippen LogP) is 5.11. The summed E-state index contributed by atoms with van der Waals surface area (Å²) < 4.78 is 0. The number of hydrogen-bond donors (Lipinski definition) is 3. The number of amides is 1. The van der Waals surface area contributed by atoms with Gasteiger partial charge in [-0.1, -0.05) is 53.5 Å². The highest BCUT2D eigenvalue weighted by molar-refractivity contribution is 6.39. The number of H-pyrrole nitrogens is 1. The zero-order valence-corrected chi connectivity index (χ0v) is 23.0. The van der Waals surface area contributed by atoms with Crippen LogP contribution in [0.1, 0.15) is 57.5 Å². The van der Waals surface area contributed by atoms with Crippen molar-refractivity contribution in [3.05, 3.63) is 111 Å². The van der Waals surface area contributed by atoms with Crippen LogP contribution >= 0.6 is 23.2 Å². The minimum atomic E-state index is -0.326. The van der Waals surface area contributed by atoms with Crippen LogP contribution in [0, 0.1) is 0 Å². The van der Waals surface area contributed by atoms with Crippen molar-refractivity contribution in [3.8, 4) is 0 Å². The standard InChI is InChI=1S/C29H31Cl2N7O/c30-23-16-33-17-24(31)27(23)29(39)37-15-20-6-8-21(9-7-20)19-38(14-13-32-18-26-34-11-12-35-26)25-5-1-3-22-4-2-10-36-28(22)25/h2,4,6-12,16-17,25,32H,1,3,5,13-15,18-19H2,(H,34,35)(H,37,39). The maximum atomic E-state index is 12.6. The summed E-state index contributed by atoms with van der Waals surface area (Å²) in [4.78, 5) is 31.3. The molecule has 0 radical (unpaired) electrons. The molecule has 1 aliphatic carbocycles. The first-order valence-electron chi connectivity index (χ1n) is 13.1. The Bertz CT molecular complexity index is 1360. The Labute approximate surface area is 238 Å². The number of carbonyl (C=O) groups excluding carboxylic acids is 1. The Morgan fingerprint density at radius 3 is 2.59 bits per heavy atom. The SMILES string of the molecule is O=C(NCc1ccc(CN(CCNCc2ncc[nH]2)C2CCCc3cccnc32)cc1)c1c(Cl)cncc1Cl. The van der Waals surface area contributed by atoms with E-state index in [1.165, 1.54) is 29.2 Å². The zero-order chi connectivity index (χ0) is 27.0. The van der Waals surface area contributed by atoms with Gasteiger partial charge in [0.15, 0.2) is 0 Å². The lowest BCUT2D eigenvalue weighted by atomic mass is 9.90. The maximum absolute atomic E-state index is 12.6. The highest BCUT2D eigenvalue weighted by Gasteiger charge is 2.27. The van der Waals surface area contributed by atoms with Gasteiger partial charge in [0.2, 0.25) is 0 Å². The monoisotopic (exact) mass is 563 g/mol. The van der Waals surface area contributed by atoms with Gasteiger partial charge in [-0.3, -0.25) is 19.7 Å². The molecular weight excluding hydrogens is 533 g/mol. The summed E-state index contributed by atoms with van der Waals surface area (Å²) in [5.41, 5.74) is 4.98. The molecule has 0 saturated carbocycles. The fraction of sp³-hybridized carbons (Fsp3) is 0.310. The molecule has 39 heavy (non-hydrogen) atoms. The van der Waals surface area contributed by atoms with Crippen LogP contribution in [0.3, 0.4) is 0 Å². The number of benzene rings is 1. The van der Waals surface area contributed by atoms with E-state index >= 15 is 0 Å². The van der Waals surface area contributed by atoms with Crippen molar-refractivity contribution < 1.29 is 4.79 Å². The lowest BCUT2D eigenvalue weighted by Gasteiger charge is -2.35. The molecule has 8 nitrogen and oxygen atoms in total. The summed E-state index contributed by atoms with van der Waals surface area (Å²) >= 11 is 12.2. The minimum absolute atomic E-state index is 0.230. The number of aromatic amines is 1. The molecule has 5 rings (SSSR count). The Morgan fingerprint density at radius 1 is 1.03 bits per heavy atom. The first-order valence-corrected chi connectivity index (χ1v) is 13.9. The highest BCUT2D eigenvalue weighted by atomic mass is 35.5. The van der Waals surface area contributed by atoms with Crippen molar-refractivity contribution in [2.24, 2.45) is 0 Å². The minimum Gasteiger partial charge on any atom is -0.348 e. The van der Waals surface area contributed by atoms with Gasteiger partial charge in [-0.15, -0.1) is 0 Å². The number of fused-ring (bicyclic) bond motifs is 1. The number of hydrogen-bond acceptors (Lipinski definition) is 6. The van der Waals surface area contributed by atoms with Crippen LogP contribution in [-0.4, -0.2) is 43.8 Å². The van der Waals surface area contributed by atoms with E-state index in [1.807, 2.05) is 30.6 Å². The molecule has 0 saturated heterocycles. The van der Waals surface area contributed by atoms with Gasteiger partial charge < -0.3 is 15.6 Å². The molecule has 0 spiro atoms. The topological polar surface area (TPSA) is 98.8 Å². The number of pyridine rings is 2. The number of halogens is 2.